The van der Waals surface area contributed by atoms with E-state index >= 15 is 0 Å². The van der Waals surface area contributed by atoms with Crippen molar-refractivity contribution in [3.05, 3.63) is 94.5 Å². The number of benzene rings is 3. The molecule has 6 heteroatoms. The van der Waals surface area contributed by atoms with Gasteiger partial charge in [-0.2, -0.15) is 0 Å². The molecule has 0 aliphatic carbocycles. The van der Waals surface area contributed by atoms with Gasteiger partial charge >= 0.3 is 0 Å². The molecule has 32 heavy (non-hydrogen) atoms. The maximum absolute atomic E-state index is 13.3. The largest absolute Gasteiger partial charge is 0.371 e. The number of anilines is 2. The summed E-state index contributed by atoms with van der Waals surface area (Å²) in [7, 11) is 0. The van der Waals surface area contributed by atoms with Gasteiger partial charge in [0, 0.05) is 35.1 Å². The van der Waals surface area contributed by atoms with E-state index < -0.39 is 0 Å². The van der Waals surface area contributed by atoms with Gasteiger partial charge in [-0.15, -0.1) is 0 Å². The van der Waals surface area contributed by atoms with E-state index in [0.717, 1.165) is 37.2 Å². The van der Waals surface area contributed by atoms with Crippen molar-refractivity contribution in [1.29, 1.82) is 0 Å². The molecule has 164 valence electrons. The van der Waals surface area contributed by atoms with Crippen LogP contribution in [0.4, 0.5) is 11.4 Å². The van der Waals surface area contributed by atoms with Crippen molar-refractivity contribution in [1.82, 2.24) is 5.32 Å². The Labute approximate surface area is 193 Å². The van der Waals surface area contributed by atoms with E-state index in [1.54, 1.807) is 30.3 Å². The Morgan fingerprint density at radius 2 is 1.59 bits per heavy atom. The standard InChI is InChI=1S/C26H26ClN3O2/c1-18(19-7-3-2-4-8-19)28-26(32)23-17-22(13-14-24(23)30-15-5-6-16-30)29-25(31)20-9-11-21(27)12-10-20/h2-4,7-14,17-18H,5-6,15-16H2,1H3,(H,28,32)(H,29,31). The van der Waals surface area contributed by atoms with E-state index in [-0.39, 0.29) is 17.9 Å². The van der Waals surface area contributed by atoms with Crippen LogP contribution in [-0.4, -0.2) is 24.9 Å². The third-order valence-electron chi connectivity index (χ3n) is 5.70. The van der Waals surface area contributed by atoms with Gasteiger partial charge in [0.2, 0.25) is 0 Å². The minimum absolute atomic E-state index is 0.137. The summed E-state index contributed by atoms with van der Waals surface area (Å²) in [5.41, 5.74) is 3.57. The highest BCUT2D eigenvalue weighted by Gasteiger charge is 2.22. The zero-order valence-corrected chi connectivity index (χ0v) is 18.7. The van der Waals surface area contributed by atoms with Crippen LogP contribution in [0.3, 0.4) is 0 Å². The number of carbonyl (C=O) groups excluding carboxylic acids is 2. The van der Waals surface area contributed by atoms with Gasteiger partial charge in [0.1, 0.15) is 0 Å². The molecule has 0 radical (unpaired) electrons. The number of nitrogens with one attached hydrogen (secondary N) is 2. The van der Waals surface area contributed by atoms with Crippen molar-refractivity contribution >= 4 is 34.8 Å². The second kappa shape index (κ2) is 9.88. The summed E-state index contributed by atoms with van der Waals surface area (Å²) in [4.78, 5) is 28.2. The molecule has 1 heterocycles. The number of rotatable bonds is 6. The van der Waals surface area contributed by atoms with Crippen LogP contribution in [-0.2, 0) is 0 Å². The Morgan fingerprint density at radius 3 is 2.28 bits per heavy atom. The van der Waals surface area contributed by atoms with Crippen LogP contribution in [0.1, 0.15) is 52.1 Å². The fourth-order valence-corrected chi connectivity index (χ4v) is 4.06. The summed E-state index contributed by atoms with van der Waals surface area (Å²) in [6.07, 6.45) is 2.22. The molecule has 0 bridgehead atoms. The molecule has 2 N–H and O–H groups in total. The highest BCUT2D eigenvalue weighted by molar-refractivity contribution is 6.30. The molecule has 1 saturated heterocycles. The molecule has 3 aromatic carbocycles. The predicted octanol–water partition coefficient (Wildman–Crippen LogP) is 5.68. The lowest BCUT2D eigenvalue weighted by Crippen LogP contribution is -2.29. The normalized spacial score (nSPS) is 14.1. The van der Waals surface area contributed by atoms with Crippen LogP contribution in [0.5, 0.6) is 0 Å². The Bertz CT molecular complexity index is 1090. The lowest BCUT2D eigenvalue weighted by molar-refractivity contribution is 0.0939. The minimum Gasteiger partial charge on any atom is -0.371 e. The molecule has 5 nitrogen and oxygen atoms in total. The number of amides is 2. The number of hydrogen-bond donors (Lipinski definition) is 2. The van der Waals surface area contributed by atoms with Gasteiger partial charge < -0.3 is 15.5 Å². The molecule has 4 rings (SSSR count). The smallest absolute Gasteiger partial charge is 0.255 e. The van der Waals surface area contributed by atoms with Crippen LogP contribution >= 0.6 is 11.6 Å². The topological polar surface area (TPSA) is 61.4 Å². The van der Waals surface area contributed by atoms with Crippen LogP contribution in [0.15, 0.2) is 72.8 Å². The van der Waals surface area contributed by atoms with E-state index in [1.165, 1.54) is 0 Å². The number of nitrogens with zero attached hydrogens (tertiary/aromatic N) is 1. The SMILES string of the molecule is CC(NC(=O)c1cc(NC(=O)c2ccc(Cl)cc2)ccc1N1CCCC1)c1ccccc1. The zero-order valence-electron chi connectivity index (χ0n) is 18.0. The Hall–Kier alpha value is -3.31. The van der Waals surface area contributed by atoms with Crippen molar-refractivity contribution < 1.29 is 9.59 Å². The van der Waals surface area contributed by atoms with Crippen molar-refractivity contribution in [3.8, 4) is 0 Å². The van der Waals surface area contributed by atoms with Crippen LogP contribution in [0, 0.1) is 0 Å². The van der Waals surface area contributed by atoms with E-state index in [0.29, 0.717) is 21.8 Å². The van der Waals surface area contributed by atoms with Gasteiger partial charge in [0.15, 0.2) is 0 Å². The molecule has 1 fully saturated rings. The highest BCUT2D eigenvalue weighted by Crippen LogP contribution is 2.28. The quantitative estimate of drug-likeness (QED) is 0.510. The lowest BCUT2D eigenvalue weighted by Gasteiger charge is -2.23. The average Bonchev–Trinajstić information content (AvgIpc) is 3.35. The van der Waals surface area contributed by atoms with Gasteiger partial charge in [-0.3, -0.25) is 9.59 Å². The number of hydrogen-bond acceptors (Lipinski definition) is 3. The van der Waals surface area contributed by atoms with E-state index in [2.05, 4.69) is 15.5 Å². The summed E-state index contributed by atoms with van der Waals surface area (Å²) < 4.78 is 0. The van der Waals surface area contributed by atoms with Crippen LogP contribution < -0.4 is 15.5 Å². The summed E-state index contributed by atoms with van der Waals surface area (Å²) in [6, 6.07) is 22.0. The molecule has 0 spiro atoms. The first kappa shape index (κ1) is 21.9. The molecule has 1 aliphatic heterocycles. The molecule has 1 aliphatic rings. The second-order valence-electron chi connectivity index (χ2n) is 7.99. The van der Waals surface area contributed by atoms with Crippen LogP contribution in [0.25, 0.3) is 0 Å². The fourth-order valence-electron chi connectivity index (χ4n) is 3.93. The van der Waals surface area contributed by atoms with Crippen molar-refractivity contribution in [3.63, 3.8) is 0 Å². The van der Waals surface area contributed by atoms with Gasteiger partial charge in [0.25, 0.3) is 11.8 Å². The van der Waals surface area contributed by atoms with E-state index in [1.807, 2.05) is 49.4 Å². The average molecular weight is 448 g/mol. The monoisotopic (exact) mass is 447 g/mol. The highest BCUT2D eigenvalue weighted by atomic mass is 35.5. The minimum atomic E-state index is -0.250. The first-order valence-corrected chi connectivity index (χ1v) is 11.2. The molecule has 0 aromatic heterocycles. The first-order chi connectivity index (χ1) is 15.5. The predicted molar refractivity (Wildman–Crippen MR) is 130 cm³/mol. The summed E-state index contributed by atoms with van der Waals surface area (Å²) >= 11 is 5.92. The fraction of sp³-hybridized carbons (Fsp3) is 0.231. The lowest BCUT2D eigenvalue weighted by atomic mass is 10.1. The molecule has 0 saturated carbocycles. The molecule has 2 amide bonds. The van der Waals surface area contributed by atoms with Gasteiger partial charge in [0.05, 0.1) is 11.6 Å². The molecule has 1 unspecified atom stereocenters. The molecular weight excluding hydrogens is 422 g/mol. The summed E-state index contributed by atoms with van der Waals surface area (Å²) in [5.74, 6) is -0.412. The van der Waals surface area contributed by atoms with Crippen molar-refractivity contribution in [2.24, 2.45) is 0 Å². The van der Waals surface area contributed by atoms with Gasteiger partial charge in [-0.05, 0) is 67.8 Å². The maximum Gasteiger partial charge on any atom is 0.255 e. The second-order valence-corrected chi connectivity index (χ2v) is 8.43. The zero-order chi connectivity index (χ0) is 22.5. The summed E-state index contributed by atoms with van der Waals surface area (Å²) in [6.45, 7) is 3.81. The Balaban J connectivity index is 1.58. The van der Waals surface area contributed by atoms with Crippen molar-refractivity contribution in [2.75, 3.05) is 23.3 Å². The summed E-state index contributed by atoms with van der Waals surface area (Å²) in [5, 5.41) is 6.57. The third kappa shape index (κ3) is 5.11. The molecular formula is C26H26ClN3O2. The van der Waals surface area contributed by atoms with Gasteiger partial charge in [-0.1, -0.05) is 41.9 Å². The first-order valence-electron chi connectivity index (χ1n) is 10.8. The van der Waals surface area contributed by atoms with E-state index in [4.69, 9.17) is 11.6 Å². The van der Waals surface area contributed by atoms with Crippen molar-refractivity contribution in [2.45, 2.75) is 25.8 Å². The number of carbonyl (C=O) groups is 2. The Kier molecular flexibility index (Phi) is 6.76. The van der Waals surface area contributed by atoms with Gasteiger partial charge in [-0.25, -0.2) is 0 Å². The maximum atomic E-state index is 13.3. The third-order valence-corrected chi connectivity index (χ3v) is 5.95. The van der Waals surface area contributed by atoms with E-state index in [9.17, 15) is 9.59 Å². The Morgan fingerprint density at radius 1 is 0.906 bits per heavy atom. The molecule has 3 aromatic rings. The number of halogens is 1. The molecule has 1 atom stereocenters. The van der Waals surface area contributed by atoms with Crippen LogP contribution in [0.2, 0.25) is 5.02 Å².